The van der Waals surface area contributed by atoms with E-state index in [2.05, 4.69) is 15.3 Å². The van der Waals surface area contributed by atoms with Crippen LogP contribution in [-0.2, 0) is 20.2 Å². The van der Waals surface area contributed by atoms with Gasteiger partial charge in [-0.05, 0) is 48.5 Å². The summed E-state index contributed by atoms with van der Waals surface area (Å²) in [7, 11) is -8.90. The molecule has 0 amide bonds. The van der Waals surface area contributed by atoms with E-state index in [9.17, 15) is 31.8 Å². The number of carboxylic acids is 1. The van der Waals surface area contributed by atoms with Crippen LogP contribution in [0, 0.1) is 0 Å². The third-order valence-electron chi connectivity index (χ3n) is 3.79. The van der Waals surface area contributed by atoms with E-state index in [4.69, 9.17) is 9.11 Å². The van der Waals surface area contributed by atoms with Crippen LogP contribution in [0.5, 0.6) is 5.88 Å². The van der Waals surface area contributed by atoms with E-state index in [0.29, 0.717) is 4.68 Å². The molecule has 162 valence electrons. The van der Waals surface area contributed by atoms with E-state index in [1.807, 2.05) is 0 Å². The first-order chi connectivity index (χ1) is 14.4. The summed E-state index contributed by atoms with van der Waals surface area (Å²) in [6.07, 6.45) is 0. The minimum Gasteiger partial charge on any atom is -0.857 e. The van der Waals surface area contributed by atoms with Crippen molar-refractivity contribution < 1.29 is 100 Å². The maximum absolute atomic E-state index is 12.6. The van der Waals surface area contributed by atoms with Crippen molar-refractivity contribution in [2.45, 2.75) is 9.79 Å². The van der Waals surface area contributed by atoms with Crippen molar-refractivity contribution in [3.05, 3.63) is 54.2 Å². The van der Waals surface area contributed by atoms with Gasteiger partial charge in [0.2, 0.25) is 0 Å². The number of benzene rings is 2. The van der Waals surface area contributed by atoms with Crippen molar-refractivity contribution in [2.75, 3.05) is 0 Å². The summed E-state index contributed by atoms with van der Waals surface area (Å²) in [4.78, 5) is 10.5. The maximum atomic E-state index is 12.6. The first-order valence-electron chi connectivity index (χ1n) is 7.96. The minimum absolute atomic E-state index is 0. The normalized spacial score (nSPS) is 11.6. The van der Waals surface area contributed by atoms with Gasteiger partial charge in [-0.2, -0.15) is 27.0 Å². The summed E-state index contributed by atoms with van der Waals surface area (Å²) in [5, 5.41) is 34.7. The predicted octanol–water partition coefficient (Wildman–Crippen LogP) is -5.77. The van der Waals surface area contributed by atoms with Gasteiger partial charge in [0.15, 0.2) is 0 Å². The number of hydrogen-bond acceptors (Lipinski definition) is 10. The maximum Gasteiger partial charge on any atom is 1.00 e. The van der Waals surface area contributed by atoms with Crippen LogP contribution in [0.15, 0.2) is 68.6 Å². The Bertz CT molecular complexity index is 1400. The molecule has 33 heavy (non-hydrogen) atoms. The van der Waals surface area contributed by atoms with Crippen LogP contribution in [0.25, 0.3) is 5.69 Å². The zero-order valence-corrected chi connectivity index (χ0v) is 22.6. The Kier molecular flexibility index (Phi) is 9.95. The molecule has 0 aliphatic rings. The molecule has 1 heterocycles. The van der Waals surface area contributed by atoms with E-state index in [-0.39, 0.29) is 70.5 Å². The number of hydrogen-bond donors (Lipinski definition) is 2. The third kappa shape index (κ3) is 6.92. The van der Waals surface area contributed by atoms with Gasteiger partial charge >= 0.3 is 59.1 Å². The molecule has 0 aliphatic heterocycles. The number of carbonyl (C=O) groups is 1. The Morgan fingerprint density at radius 1 is 0.848 bits per heavy atom. The molecule has 0 unspecified atom stereocenters. The molecule has 0 fully saturated rings. The molecule has 0 spiro atoms. The predicted molar refractivity (Wildman–Crippen MR) is 97.6 cm³/mol. The van der Waals surface area contributed by atoms with Gasteiger partial charge in [0.05, 0.1) is 27.1 Å². The Labute approximate surface area is 231 Å². The molecule has 1 aromatic heterocycles. The summed E-state index contributed by atoms with van der Waals surface area (Å²) in [5.41, 5.74) is -1.54. The number of aromatic nitrogens is 2. The summed E-state index contributed by atoms with van der Waals surface area (Å²) >= 11 is 0. The second-order valence-electron chi connectivity index (χ2n) is 5.84. The molecule has 13 nitrogen and oxygen atoms in total. The van der Waals surface area contributed by atoms with Crippen LogP contribution in [0.1, 0.15) is 10.5 Å². The molecule has 3 rings (SSSR count). The Morgan fingerprint density at radius 3 is 1.73 bits per heavy atom. The quantitative estimate of drug-likeness (QED) is 0.181. The van der Waals surface area contributed by atoms with E-state index in [1.165, 1.54) is 0 Å². The van der Waals surface area contributed by atoms with Crippen molar-refractivity contribution >= 4 is 37.6 Å². The third-order valence-corrected chi connectivity index (χ3v) is 5.53. The smallest absolute Gasteiger partial charge is 0.857 e. The van der Waals surface area contributed by atoms with Gasteiger partial charge in [-0.3, -0.25) is 9.11 Å². The fraction of sp³-hybridized carbons (Fsp3) is 0. The molecule has 0 aliphatic carbocycles. The first-order valence-corrected chi connectivity index (χ1v) is 10.8. The van der Waals surface area contributed by atoms with E-state index < -0.39 is 53.3 Å². The SMILES string of the molecule is O=C([O-])c1nn(-c2ccc(S(=O)(=O)O)cc2)c([O-])c1N=Nc1ccc(S(=O)(=O)O)cc1.[Na+].[Na+]. The molecular formula is C16H10N4Na2O9S2. The second kappa shape index (κ2) is 11.2. The zero-order valence-electron chi connectivity index (χ0n) is 17.0. The number of aromatic carboxylic acids is 1. The average molecular weight is 512 g/mol. The Balaban J connectivity index is 0.00000272. The molecule has 0 saturated heterocycles. The van der Waals surface area contributed by atoms with Crippen molar-refractivity contribution in [3.63, 3.8) is 0 Å². The molecule has 2 N–H and O–H groups in total. The van der Waals surface area contributed by atoms with Crippen LogP contribution >= 0.6 is 0 Å². The van der Waals surface area contributed by atoms with Gasteiger partial charge in [-0.25, -0.2) is 4.68 Å². The van der Waals surface area contributed by atoms with Gasteiger partial charge < -0.3 is 15.0 Å². The molecule has 3 aromatic rings. The van der Waals surface area contributed by atoms with Crippen molar-refractivity contribution in [2.24, 2.45) is 10.2 Å². The van der Waals surface area contributed by atoms with E-state index in [0.717, 1.165) is 48.5 Å². The minimum atomic E-state index is -4.48. The topological polar surface area (TPSA) is 214 Å². The van der Waals surface area contributed by atoms with E-state index >= 15 is 0 Å². The zero-order chi connectivity index (χ0) is 23.0. The molecule has 0 saturated carbocycles. The Morgan fingerprint density at radius 2 is 1.30 bits per heavy atom. The Hall–Kier alpha value is -1.66. The van der Waals surface area contributed by atoms with Gasteiger partial charge in [0.1, 0.15) is 11.4 Å². The molecule has 17 heteroatoms. The summed E-state index contributed by atoms with van der Waals surface area (Å²) in [6, 6.07) is 8.48. The van der Waals surface area contributed by atoms with Crippen LogP contribution < -0.4 is 69.3 Å². The number of carboxylic acid groups (broad SMARTS) is 1. The molecule has 0 bridgehead atoms. The molecular weight excluding hydrogens is 502 g/mol. The van der Waals surface area contributed by atoms with Gasteiger partial charge in [0.25, 0.3) is 20.2 Å². The van der Waals surface area contributed by atoms with E-state index in [1.54, 1.807) is 0 Å². The summed E-state index contributed by atoms with van der Waals surface area (Å²) in [5.74, 6) is -2.85. The van der Waals surface area contributed by atoms with Crippen LogP contribution in [-0.4, -0.2) is 41.7 Å². The monoisotopic (exact) mass is 512 g/mol. The number of rotatable bonds is 6. The molecule has 0 radical (unpaired) electrons. The standard InChI is InChI=1S/C16H12N4O9S2.2Na/c21-15-13(18-17-9-1-5-11(6-2-9)30(24,25)26)14(16(22)23)19-20(15)10-3-7-12(8-4-10)31(27,28)29;;/h1-8,21H,(H,22,23)(H,24,25,26)(H,27,28,29);;/q;2*+1/p-2. The average Bonchev–Trinajstić information content (AvgIpc) is 3.02. The van der Waals surface area contributed by atoms with Crippen molar-refractivity contribution in [1.82, 2.24) is 9.78 Å². The van der Waals surface area contributed by atoms with Gasteiger partial charge in [-0.1, -0.05) is 0 Å². The molecule has 0 atom stereocenters. The van der Waals surface area contributed by atoms with Gasteiger partial charge in [0, 0.05) is 5.88 Å². The van der Waals surface area contributed by atoms with Gasteiger partial charge in [-0.15, -0.1) is 5.11 Å². The van der Waals surface area contributed by atoms with Crippen molar-refractivity contribution in [1.29, 1.82) is 0 Å². The second-order valence-corrected chi connectivity index (χ2v) is 8.68. The fourth-order valence-electron chi connectivity index (χ4n) is 2.35. The fourth-order valence-corrected chi connectivity index (χ4v) is 3.31. The first kappa shape index (κ1) is 29.4. The number of carbonyl (C=O) groups excluding carboxylic acids is 1. The largest absolute Gasteiger partial charge is 1.00 e. The number of azo groups is 1. The van der Waals surface area contributed by atoms with Crippen molar-refractivity contribution in [3.8, 4) is 11.6 Å². The van der Waals surface area contributed by atoms with Crippen LogP contribution in [0.2, 0.25) is 0 Å². The van der Waals surface area contributed by atoms with Crippen LogP contribution in [0.4, 0.5) is 11.4 Å². The molecule has 2 aromatic carbocycles. The number of nitrogens with zero attached hydrogens (tertiary/aromatic N) is 4. The summed E-state index contributed by atoms with van der Waals surface area (Å²) in [6.45, 7) is 0. The van der Waals surface area contributed by atoms with Crippen LogP contribution in [0.3, 0.4) is 0 Å². The summed E-state index contributed by atoms with van der Waals surface area (Å²) < 4.78 is 62.8.